The molecule has 0 amide bonds. The molecule has 0 aliphatic heterocycles. The highest BCUT2D eigenvalue weighted by atomic mass is 14.7. The van der Waals surface area contributed by atoms with Gasteiger partial charge in [0.05, 0.1) is 5.52 Å². The predicted octanol–water partition coefficient (Wildman–Crippen LogP) is 4.02. The van der Waals surface area contributed by atoms with Crippen molar-refractivity contribution >= 4 is 10.9 Å². The summed E-state index contributed by atoms with van der Waals surface area (Å²) in [4.78, 5) is 4.96. The van der Waals surface area contributed by atoms with Crippen molar-refractivity contribution in [2.75, 3.05) is 6.54 Å². The van der Waals surface area contributed by atoms with Crippen molar-refractivity contribution in [2.45, 2.75) is 63.8 Å². The number of para-hydroxylation sites is 1. The van der Waals surface area contributed by atoms with Gasteiger partial charge in [0.2, 0.25) is 0 Å². The van der Waals surface area contributed by atoms with Crippen LogP contribution in [0.2, 0.25) is 0 Å². The molecule has 0 bridgehead atoms. The smallest absolute Gasteiger partial charge is 0.0708 e. The van der Waals surface area contributed by atoms with E-state index in [2.05, 4.69) is 24.3 Å². The number of pyridine rings is 1. The van der Waals surface area contributed by atoms with Crippen LogP contribution in [-0.2, 0) is 12.8 Å². The van der Waals surface area contributed by atoms with Crippen molar-refractivity contribution < 1.29 is 0 Å². The normalized spacial score (nSPS) is 16.1. The minimum absolute atomic E-state index is 0.118. The second kappa shape index (κ2) is 7.89. The molecule has 2 aromatic rings. The minimum atomic E-state index is 0.118. The second-order valence-electron chi connectivity index (χ2n) is 6.77. The lowest BCUT2D eigenvalue weighted by Gasteiger charge is -2.21. The summed E-state index contributed by atoms with van der Waals surface area (Å²) in [6.45, 7) is 0.781. The molecule has 1 aromatic carbocycles. The Morgan fingerprint density at radius 1 is 1.00 bits per heavy atom. The number of aryl methyl sites for hydroxylation is 1. The first-order chi connectivity index (χ1) is 11.3. The summed E-state index contributed by atoms with van der Waals surface area (Å²) in [6, 6.07) is 8.63. The maximum atomic E-state index is 6.66. The topological polar surface area (TPSA) is 64.9 Å². The summed E-state index contributed by atoms with van der Waals surface area (Å²) in [5.41, 5.74) is 17.5. The molecule has 3 heteroatoms. The third-order valence-electron chi connectivity index (χ3n) is 5.05. The Balaban J connectivity index is 1.97. The van der Waals surface area contributed by atoms with E-state index in [1.165, 1.54) is 47.9 Å². The van der Waals surface area contributed by atoms with Gasteiger partial charge in [0.1, 0.15) is 0 Å². The monoisotopic (exact) mass is 311 g/mol. The van der Waals surface area contributed by atoms with E-state index in [1.807, 2.05) is 0 Å². The zero-order chi connectivity index (χ0) is 16.1. The quantitative estimate of drug-likeness (QED) is 0.625. The number of aromatic nitrogens is 1. The Bertz CT molecular complexity index is 651. The third-order valence-corrected chi connectivity index (χ3v) is 5.05. The molecule has 1 aliphatic rings. The number of hydrogen-bond donors (Lipinski definition) is 2. The van der Waals surface area contributed by atoms with E-state index in [0.717, 1.165) is 44.2 Å². The fraction of sp³-hybridized carbons (Fsp3) is 0.550. The van der Waals surface area contributed by atoms with Crippen molar-refractivity contribution in [3.63, 3.8) is 0 Å². The lowest BCUT2D eigenvalue weighted by Crippen LogP contribution is -2.15. The van der Waals surface area contributed by atoms with Gasteiger partial charge in [-0.15, -0.1) is 0 Å². The fourth-order valence-electron chi connectivity index (χ4n) is 3.84. The first-order valence-electron chi connectivity index (χ1n) is 9.17. The molecule has 3 nitrogen and oxygen atoms in total. The first kappa shape index (κ1) is 16.4. The summed E-state index contributed by atoms with van der Waals surface area (Å²) in [6.07, 6.45) is 10.5. The highest BCUT2D eigenvalue weighted by Crippen LogP contribution is 2.33. The van der Waals surface area contributed by atoms with Gasteiger partial charge >= 0.3 is 0 Å². The standard InChI is InChI=1S/C20H29N3/c21-14-8-2-4-11-17(22)20-15-9-3-1-5-12-18(15)23-19-13-7-6-10-16(19)20/h6-7,10,13,17H,1-5,8-9,11-12,14,21-22H2. The molecule has 1 unspecified atom stereocenters. The average Bonchev–Trinajstić information content (AvgIpc) is 2.81. The molecule has 4 N–H and O–H groups in total. The largest absolute Gasteiger partial charge is 0.330 e. The number of rotatable bonds is 6. The van der Waals surface area contributed by atoms with Gasteiger partial charge in [0, 0.05) is 17.1 Å². The molecule has 0 saturated heterocycles. The molecular formula is C20H29N3. The Morgan fingerprint density at radius 3 is 2.70 bits per heavy atom. The molecular weight excluding hydrogens is 282 g/mol. The highest BCUT2D eigenvalue weighted by Gasteiger charge is 2.20. The van der Waals surface area contributed by atoms with Gasteiger partial charge in [-0.25, -0.2) is 0 Å². The summed E-state index contributed by atoms with van der Waals surface area (Å²) in [5, 5.41) is 1.26. The van der Waals surface area contributed by atoms with Crippen LogP contribution in [0.1, 0.15) is 67.8 Å². The molecule has 0 spiro atoms. The molecule has 1 aromatic heterocycles. The highest BCUT2D eigenvalue weighted by molar-refractivity contribution is 5.84. The summed E-state index contributed by atoms with van der Waals surface area (Å²) < 4.78 is 0. The summed E-state index contributed by atoms with van der Waals surface area (Å²) in [5.74, 6) is 0. The SMILES string of the molecule is NCCCCCC(N)c1c2c(nc3ccccc13)CCCCC2. The predicted molar refractivity (Wildman–Crippen MR) is 97.5 cm³/mol. The molecule has 1 atom stereocenters. The van der Waals surface area contributed by atoms with Crippen LogP contribution in [0.3, 0.4) is 0 Å². The maximum absolute atomic E-state index is 6.66. The summed E-state index contributed by atoms with van der Waals surface area (Å²) >= 11 is 0. The Hall–Kier alpha value is -1.45. The van der Waals surface area contributed by atoms with Gasteiger partial charge in [0.25, 0.3) is 0 Å². The van der Waals surface area contributed by atoms with Crippen LogP contribution >= 0.6 is 0 Å². The Kier molecular flexibility index (Phi) is 5.63. The van der Waals surface area contributed by atoms with Crippen LogP contribution in [0.25, 0.3) is 10.9 Å². The van der Waals surface area contributed by atoms with E-state index in [0.29, 0.717) is 0 Å². The van der Waals surface area contributed by atoms with Gasteiger partial charge in [-0.2, -0.15) is 0 Å². The van der Waals surface area contributed by atoms with Gasteiger partial charge in [-0.3, -0.25) is 4.98 Å². The van der Waals surface area contributed by atoms with Crippen molar-refractivity contribution in [3.8, 4) is 0 Å². The molecule has 3 rings (SSSR count). The van der Waals surface area contributed by atoms with E-state index in [1.54, 1.807) is 0 Å². The van der Waals surface area contributed by atoms with E-state index >= 15 is 0 Å². The Morgan fingerprint density at radius 2 is 1.83 bits per heavy atom. The molecule has 0 saturated carbocycles. The van der Waals surface area contributed by atoms with Crippen LogP contribution in [0, 0.1) is 0 Å². The van der Waals surface area contributed by atoms with Gasteiger partial charge in [-0.1, -0.05) is 37.5 Å². The number of nitrogens with zero attached hydrogens (tertiary/aromatic N) is 1. The first-order valence-corrected chi connectivity index (χ1v) is 9.17. The second-order valence-corrected chi connectivity index (χ2v) is 6.77. The summed E-state index contributed by atoms with van der Waals surface area (Å²) in [7, 11) is 0. The molecule has 23 heavy (non-hydrogen) atoms. The van der Waals surface area contributed by atoms with E-state index in [9.17, 15) is 0 Å². The van der Waals surface area contributed by atoms with Gasteiger partial charge in [-0.05, 0) is 62.3 Å². The zero-order valence-corrected chi connectivity index (χ0v) is 14.1. The molecule has 0 radical (unpaired) electrons. The molecule has 1 heterocycles. The number of hydrogen-bond acceptors (Lipinski definition) is 3. The fourth-order valence-corrected chi connectivity index (χ4v) is 3.84. The lowest BCUT2D eigenvalue weighted by atomic mass is 9.90. The van der Waals surface area contributed by atoms with Crippen molar-refractivity contribution in [1.82, 2.24) is 4.98 Å². The maximum Gasteiger partial charge on any atom is 0.0708 e. The third kappa shape index (κ3) is 3.73. The van der Waals surface area contributed by atoms with E-state index in [4.69, 9.17) is 16.5 Å². The van der Waals surface area contributed by atoms with Crippen molar-refractivity contribution in [1.29, 1.82) is 0 Å². The van der Waals surface area contributed by atoms with Crippen molar-refractivity contribution in [3.05, 3.63) is 41.1 Å². The average molecular weight is 311 g/mol. The number of benzene rings is 1. The number of fused-ring (bicyclic) bond motifs is 2. The molecule has 1 aliphatic carbocycles. The lowest BCUT2D eigenvalue weighted by molar-refractivity contribution is 0.571. The van der Waals surface area contributed by atoms with E-state index in [-0.39, 0.29) is 6.04 Å². The van der Waals surface area contributed by atoms with Gasteiger partial charge in [0.15, 0.2) is 0 Å². The zero-order valence-electron chi connectivity index (χ0n) is 14.1. The van der Waals surface area contributed by atoms with Crippen LogP contribution < -0.4 is 11.5 Å². The van der Waals surface area contributed by atoms with Crippen LogP contribution in [0.15, 0.2) is 24.3 Å². The van der Waals surface area contributed by atoms with Crippen LogP contribution in [0.5, 0.6) is 0 Å². The number of nitrogens with two attached hydrogens (primary N) is 2. The van der Waals surface area contributed by atoms with E-state index < -0.39 is 0 Å². The van der Waals surface area contributed by atoms with Crippen LogP contribution in [0.4, 0.5) is 0 Å². The Labute approximate surface area is 139 Å². The minimum Gasteiger partial charge on any atom is -0.330 e. The van der Waals surface area contributed by atoms with Crippen molar-refractivity contribution in [2.24, 2.45) is 11.5 Å². The number of unbranched alkanes of at least 4 members (excludes halogenated alkanes) is 2. The van der Waals surface area contributed by atoms with Gasteiger partial charge < -0.3 is 11.5 Å². The molecule has 0 fully saturated rings. The van der Waals surface area contributed by atoms with Crippen LogP contribution in [-0.4, -0.2) is 11.5 Å². The molecule has 124 valence electrons.